The fourth-order valence-corrected chi connectivity index (χ4v) is 7.47. The van der Waals surface area contributed by atoms with E-state index < -0.39 is 12.0 Å². The molecule has 0 spiro atoms. The van der Waals surface area contributed by atoms with Crippen molar-refractivity contribution in [2.45, 2.75) is 45.3 Å². The number of aromatic nitrogens is 1. The molecule has 3 heterocycles. The lowest BCUT2D eigenvalue weighted by Gasteiger charge is -2.40. The Morgan fingerprint density at radius 1 is 0.846 bits per heavy atom. The van der Waals surface area contributed by atoms with Crippen molar-refractivity contribution in [3.63, 3.8) is 0 Å². The van der Waals surface area contributed by atoms with E-state index in [1.807, 2.05) is 74.5 Å². The number of likely N-dealkylation sites (N-methyl/N-ethyl adjacent to an activating group) is 1. The van der Waals surface area contributed by atoms with Crippen LogP contribution >= 0.6 is 0 Å². The number of aryl methyl sites for hydroxylation is 1. The number of benzene rings is 3. The van der Waals surface area contributed by atoms with Gasteiger partial charge in [-0.1, -0.05) is 48.5 Å². The average molecular weight is 706 g/mol. The zero-order chi connectivity index (χ0) is 36.8. The molecule has 3 unspecified atom stereocenters. The van der Waals surface area contributed by atoms with Crippen LogP contribution in [0.1, 0.15) is 53.0 Å². The van der Waals surface area contributed by atoms with Gasteiger partial charge in [-0.3, -0.25) is 24.2 Å². The number of pyridine rings is 1. The summed E-state index contributed by atoms with van der Waals surface area (Å²) in [5, 5.41) is 6.58. The Bertz CT molecular complexity index is 1920. The number of methoxy groups -OCH3 is 1. The highest BCUT2D eigenvalue weighted by Crippen LogP contribution is 2.38. The molecule has 1 aromatic heterocycles. The van der Waals surface area contributed by atoms with E-state index in [1.54, 1.807) is 41.2 Å². The first-order chi connectivity index (χ1) is 25.1. The van der Waals surface area contributed by atoms with Gasteiger partial charge in [-0.15, -0.1) is 0 Å². The van der Waals surface area contributed by atoms with Crippen LogP contribution in [0.4, 0.5) is 0 Å². The summed E-state index contributed by atoms with van der Waals surface area (Å²) in [5.41, 5.74) is 2.82. The SMILES string of the molecule is CNC(=O)[C@H](CCCc1ccccc1)NC(=O)C1CN(C(=O)c2cnc3ccccc3c2)CC2CN(C(=O)c3ccc(OC(C)C)c(OC)c3)CC21. The van der Waals surface area contributed by atoms with Gasteiger partial charge in [0.05, 0.1) is 30.2 Å². The van der Waals surface area contributed by atoms with Gasteiger partial charge in [0.15, 0.2) is 11.5 Å². The molecule has 0 bridgehead atoms. The molecule has 11 heteroatoms. The highest BCUT2D eigenvalue weighted by atomic mass is 16.5. The fourth-order valence-electron chi connectivity index (χ4n) is 7.47. The van der Waals surface area contributed by atoms with E-state index in [0.717, 1.165) is 22.9 Å². The number of carbonyl (C=O) groups excluding carboxylic acids is 4. The third-order valence-electron chi connectivity index (χ3n) is 10.1. The van der Waals surface area contributed by atoms with E-state index in [2.05, 4.69) is 15.6 Å². The Balaban J connectivity index is 1.24. The third kappa shape index (κ3) is 8.19. The van der Waals surface area contributed by atoms with Crippen LogP contribution in [0.5, 0.6) is 11.5 Å². The van der Waals surface area contributed by atoms with Crippen LogP contribution in [0.3, 0.4) is 0 Å². The van der Waals surface area contributed by atoms with Crippen molar-refractivity contribution in [1.29, 1.82) is 0 Å². The lowest BCUT2D eigenvalue weighted by atomic mass is 9.79. The van der Waals surface area contributed by atoms with Gasteiger partial charge in [0.25, 0.3) is 11.8 Å². The highest BCUT2D eigenvalue weighted by Gasteiger charge is 2.48. The second kappa shape index (κ2) is 16.3. The van der Waals surface area contributed by atoms with Crippen molar-refractivity contribution in [3.05, 3.63) is 102 Å². The summed E-state index contributed by atoms with van der Waals surface area (Å²) in [4.78, 5) is 63.3. The summed E-state index contributed by atoms with van der Waals surface area (Å²) in [6.07, 6.45) is 3.43. The van der Waals surface area contributed by atoms with E-state index in [4.69, 9.17) is 9.47 Å². The van der Waals surface area contributed by atoms with Gasteiger partial charge in [-0.2, -0.15) is 0 Å². The van der Waals surface area contributed by atoms with Crippen LogP contribution in [-0.2, 0) is 16.0 Å². The fraction of sp³-hybridized carbons (Fsp3) is 0.390. The first-order valence-corrected chi connectivity index (χ1v) is 18.0. The normalized spacial score (nSPS) is 18.8. The maximum atomic E-state index is 14.3. The molecule has 2 saturated heterocycles. The lowest BCUT2D eigenvalue weighted by molar-refractivity contribution is -0.133. The first-order valence-electron chi connectivity index (χ1n) is 18.0. The lowest BCUT2D eigenvalue weighted by Crippen LogP contribution is -2.56. The molecule has 272 valence electrons. The molecule has 2 N–H and O–H groups in total. The largest absolute Gasteiger partial charge is 0.493 e. The van der Waals surface area contributed by atoms with Crippen LogP contribution in [-0.4, -0.2) is 90.9 Å². The molecule has 4 atom stereocenters. The Hall–Kier alpha value is -5.45. The molecule has 3 aromatic carbocycles. The summed E-state index contributed by atoms with van der Waals surface area (Å²) >= 11 is 0. The Labute approximate surface area is 304 Å². The molecule has 4 amide bonds. The molecular formula is C41H47N5O6. The smallest absolute Gasteiger partial charge is 0.255 e. The minimum atomic E-state index is -0.742. The van der Waals surface area contributed by atoms with Crippen molar-refractivity contribution in [1.82, 2.24) is 25.4 Å². The molecule has 2 fully saturated rings. The first kappa shape index (κ1) is 36.3. The van der Waals surface area contributed by atoms with E-state index in [1.165, 1.54) is 7.11 Å². The van der Waals surface area contributed by atoms with Gasteiger partial charge in [-0.05, 0) is 80.8 Å². The average Bonchev–Trinajstić information content (AvgIpc) is 3.60. The maximum absolute atomic E-state index is 14.3. The number of rotatable bonds is 12. The van der Waals surface area contributed by atoms with Crippen LogP contribution < -0.4 is 20.1 Å². The maximum Gasteiger partial charge on any atom is 0.255 e. The number of ether oxygens (including phenoxy) is 2. The van der Waals surface area contributed by atoms with E-state index in [0.29, 0.717) is 55.1 Å². The predicted octanol–water partition coefficient (Wildman–Crippen LogP) is 4.74. The van der Waals surface area contributed by atoms with Crippen molar-refractivity contribution in [2.75, 3.05) is 40.3 Å². The molecule has 4 aromatic rings. The number of piperidine rings is 1. The second-order valence-electron chi connectivity index (χ2n) is 14.0. The number of amides is 4. The number of hydrogen-bond donors (Lipinski definition) is 2. The Morgan fingerprint density at radius 3 is 2.29 bits per heavy atom. The van der Waals surface area contributed by atoms with Gasteiger partial charge < -0.3 is 29.9 Å². The molecular weight excluding hydrogens is 658 g/mol. The standard InChI is InChI=1S/C41H47N5O6/c1-26(2)52-36-18-17-29(20-37(36)51-4)40(49)45-22-31-23-46(41(50)30-19-28-14-8-9-15-34(28)43-21-30)25-33(32(31)24-45)38(47)44-35(39(48)42-3)16-10-13-27-11-6-5-7-12-27/h5-9,11-12,14-15,17-21,26,31-33,35H,10,13,16,22-25H2,1-4H3,(H,42,48)(H,44,47)/t31?,32?,33?,35-/m0/s1. The number of fused-ring (bicyclic) bond motifs is 2. The van der Waals surface area contributed by atoms with Crippen LogP contribution in [0.15, 0.2) is 85.1 Å². The zero-order valence-electron chi connectivity index (χ0n) is 30.2. The molecule has 6 rings (SSSR count). The molecule has 0 saturated carbocycles. The second-order valence-corrected chi connectivity index (χ2v) is 14.0. The molecule has 52 heavy (non-hydrogen) atoms. The van der Waals surface area contributed by atoms with Gasteiger partial charge >= 0.3 is 0 Å². The van der Waals surface area contributed by atoms with Crippen molar-refractivity contribution in [3.8, 4) is 11.5 Å². The summed E-state index contributed by atoms with van der Waals surface area (Å²) in [5.74, 6) is -1.01. The predicted molar refractivity (Wildman–Crippen MR) is 198 cm³/mol. The number of nitrogens with zero attached hydrogens (tertiary/aromatic N) is 3. The summed E-state index contributed by atoms with van der Waals surface area (Å²) in [6, 6.07) is 23.8. The van der Waals surface area contributed by atoms with E-state index in [9.17, 15) is 19.2 Å². The molecule has 0 radical (unpaired) electrons. The molecule has 2 aliphatic rings. The van der Waals surface area contributed by atoms with E-state index in [-0.39, 0.29) is 48.1 Å². The monoisotopic (exact) mass is 705 g/mol. The number of carbonyl (C=O) groups is 4. The summed E-state index contributed by atoms with van der Waals surface area (Å²) < 4.78 is 11.4. The van der Waals surface area contributed by atoms with Crippen LogP contribution in [0, 0.1) is 17.8 Å². The molecule has 2 aliphatic heterocycles. The van der Waals surface area contributed by atoms with Gasteiger partial charge in [0.2, 0.25) is 11.8 Å². The van der Waals surface area contributed by atoms with Gasteiger partial charge in [-0.25, -0.2) is 0 Å². The third-order valence-corrected chi connectivity index (χ3v) is 10.1. The molecule has 0 aliphatic carbocycles. The minimum Gasteiger partial charge on any atom is -0.493 e. The minimum absolute atomic E-state index is 0.0665. The number of hydrogen-bond acceptors (Lipinski definition) is 7. The highest BCUT2D eigenvalue weighted by molar-refractivity contribution is 5.98. The van der Waals surface area contributed by atoms with Crippen molar-refractivity contribution in [2.24, 2.45) is 17.8 Å². The molecule has 11 nitrogen and oxygen atoms in total. The topological polar surface area (TPSA) is 130 Å². The van der Waals surface area contributed by atoms with Crippen LogP contribution in [0.2, 0.25) is 0 Å². The van der Waals surface area contributed by atoms with Gasteiger partial charge in [0, 0.05) is 50.4 Å². The quantitative estimate of drug-likeness (QED) is 0.218. The van der Waals surface area contributed by atoms with Crippen LogP contribution in [0.25, 0.3) is 10.9 Å². The van der Waals surface area contributed by atoms with Gasteiger partial charge in [0.1, 0.15) is 6.04 Å². The summed E-state index contributed by atoms with van der Waals surface area (Å²) in [6.45, 7) is 5.08. The number of nitrogens with one attached hydrogen (secondary N) is 2. The zero-order valence-corrected chi connectivity index (χ0v) is 30.2. The Morgan fingerprint density at radius 2 is 1.56 bits per heavy atom. The Kier molecular flexibility index (Phi) is 11.4. The summed E-state index contributed by atoms with van der Waals surface area (Å²) in [7, 11) is 3.10. The van der Waals surface area contributed by atoms with Crippen molar-refractivity contribution >= 4 is 34.5 Å². The van der Waals surface area contributed by atoms with E-state index >= 15 is 0 Å². The van der Waals surface area contributed by atoms with Crippen molar-refractivity contribution < 1.29 is 28.7 Å². The number of likely N-dealkylation sites (tertiary alicyclic amines) is 2. The number of para-hydroxylation sites is 1.